The van der Waals surface area contributed by atoms with Gasteiger partial charge in [-0.25, -0.2) is 0 Å². The van der Waals surface area contributed by atoms with Gasteiger partial charge in [-0.05, 0) is 39.9 Å². The Hall–Kier alpha value is -3.05. The minimum atomic E-state index is -0.394. The molecule has 0 radical (unpaired) electrons. The summed E-state index contributed by atoms with van der Waals surface area (Å²) >= 11 is 3.41. The predicted octanol–water partition coefficient (Wildman–Crippen LogP) is 4.68. The maximum Gasteiger partial charge on any atom is 0.254 e. The molecular weight excluding hydrogens is 440 g/mol. The second-order valence-corrected chi connectivity index (χ2v) is 8.96. The predicted molar refractivity (Wildman–Crippen MR) is 117 cm³/mol. The molecule has 2 bridgehead atoms. The number of carbonyl (C=O) groups excluding carboxylic acids is 2. The van der Waals surface area contributed by atoms with Crippen LogP contribution in [0.1, 0.15) is 39.7 Å². The fraction of sp³-hybridized carbons (Fsp3) is 0.160. The molecule has 1 saturated heterocycles. The van der Waals surface area contributed by atoms with Gasteiger partial charge < -0.3 is 0 Å². The zero-order valence-corrected chi connectivity index (χ0v) is 17.5. The molecule has 30 heavy (non-hydrogen) atoms. The second kappa shape index (κ2) is 6.47. The topological polar surface area (TPSA) is 49.7 Å². The number of amides is 2. The first-order valence-corrected chi connectivity index (χ1v) is 10.8. The van der Waals surface area contributed by atoms with Gasteiger partial charge in [-0.15, -0.1) is 0 Å². The van der Waals surface area contributed by atoms with Crippen molar-refractivity contribution in [3.63, 3.8) is 0 Å². The molecule has 4 nitrogen and oxygen atoms in total. The summed E-state index contributed by atoms with van der Waals surface area (Å²) < 4.78 is 0.964. The van der Waals surface area contributed by atoms with Crippen LogP contribution in [0.15, 0.2) is 82.4 Å². The summed E-state index contributed by atoms with van der Waals surface area (Å²) in [7, 11) is 0. The number of hydrogen-bond donors (Lipinski definition) is 0. The lowest BCUT2D eigenvalue weighted by molar-refractivity contribution is -0.139. The van der Waals surface area contributed by atoms with Crippen molar-refractivity contribution in [2.75, 3.05) is 0 Å². The van der Waals surface area contributed by atoms with Gasteiger partial charge in [0.1, 0.15) is 0 Å². The van der Waals surface area contributed by atoms with E-state index in [0.717, 1.165) is 15.0 Å². The van der Waals surface area contributed by atoms with Crippen LogP contribution in [0.5, 0.6) is 0 Å². The van der Waals surface area contributed by atoms with Gasteiger partial charge in [0.05, 0.1) is 18.1 Å². The van der Waals surface area contributed by atoms with Crippen molar-refractivity contribution in [1.82, 2.24) is 5.01 Å². The van der Waals surface area contributed by atoms with Crippen molar-refractivity contribution in [3.8, 4) is 0 Å². The van der Waals surface area contributed by atoms with Gasteiger partial charge in [-0.2, -0.15) is 10.1 Å². The number of nitrogens with zero attached hydrogens (tertiary/aromatic N) is 2. The summed E-state index contributed by atoms with van der Waals surface area (Å²) in [6.45, 7) is 0. The molecular formula is C25H17BrN2O2. The quantitative estimate of drug-likeness (QED) is 0.415. The van der Waals surface area contributed by atoms with E-state index in [1.165, 1.54) is 22.3 Å². The van der Waals surface area contributed by atoms with Crippen molar-refractivity contribution < 1.29 is 9.59 Å². The smallest absolute Gasteiger partial charge is 0.254 e. The van der Waals surface area contributed by atoms with Crippen LogP contribution in [0, 0.1) is 11.8 Å². The fourth-order valence-corrected chi connectivity index (χ4v) is 5.71. The molecule has 2 amide bonds. The number of halogens is 1. The molecule has 4 aliphatic rings. The van der Waals surface area contributed by atoms with E-state index in [9.17, 15) is 9.59 Å². The van der Waals surface area contributed by atoms with E-state index in [4.69, 9.17) is 0 Å². The molecule has 5 heteroatoms. The summed E-state index contributed by atoms with van der Waals surface area (Å²) in [5.41, 5.74) is 5.51. The van der Waals surface area contributed by atoms with Crippen LogP contribution < -0.4 is 0 Å². The number of benzene rings is 3. The third kappa shape index (κ3) is 2.36. The van der Waals surface area contributed by atoms with Gasteiger partial charge in [0.2, 0.25) is 0 Å². The molecule has 3 aromatic carbocycles. The van der Waals surface area contributed by atoms with Crippen LogP contribution in [0.25, 0.3) is 0 Å². The van der Waals surface area contributed by atoms with Crippen molar-refractivity contribution >= 4 is 34.0 Å². The molecule has 1 aliphatic heterocycles. The van der Waals surface area contributed by atoms with Crippen LogP contribution in [0.4, 0.5) is 0 Å². The van der Waals surface area contributed by atoms with Crippen LogP contribution in [0.3, 0.4) is 0 Å². The summed E-state index contributed by atoms with van der Waals surface area (Å²) in [6, 6.07) is 24.1. The summed E-state index contributed by atoms with van der Waals surface area (Å²) in [5.74, 6) is -1.38. The Kier molecular flexibility index (Phi) is 3.84. The summed E-state index contributed by atoms with van der Waals surface area (Å²) in [6.07, 6.45) is 1.59. The van der Waals surface area contributed by atoms with Gasteiger partial charge in [0.15, 0.2) is 0 Å². The third-order valence-electron chi connectivity index (χ3n) is 6.62. The Bertz CT molecular complexity index is 1120. The first-order valence-electron chi connectivity index (χ1n) is 10.00. The minimum Gasteiger partial charge on any atom is -0.272 e. The highest BCUT2D eigenvalue weighted by atomic mass is 79.9. The van der Waals surface area contributed by atoms with E-state index in [1.807, 2.05) is 48.5 Å². The van der Waals surface area contributed by atoms with Gasteiger partial charge in [-0.3, -0.25) is 9.59 Å². The fourth-order valence-electron chi connectivity index (χ4n) is 5.45. The minimum absolute atomic E-state index is 0.100. The lowest BCUT2D eigenvalue weighted by Gasteiger charge is -2.45. The maximum atomic E-state index is 13.4. The van der Waals surface area contributed by atoms with E-state index in [2.05, 4.69) is 45.3 Å². The molecule has 0 spiro atoms. The molecule has 7 rings (SSSR count). The van der Waals surface area contributed by atoms with E-state index in [0.29, 0.717) is 0 Å². The highest BCUT2D eigenvalue weighted by Crippen LogP contribution is 2.60. The van der Waals surface area contributed by atoms with Crippen molar-refractivity contribution in [3.05, 3.63) is 105 Å². The van der Waals surface area contributed by atoms with Crippen LogP contribution in [-0.4, -0.2) is 23.0 Å². The van der Waals surface area contributed by atoms with Gasteiger partial charge in [0.25, 0.3) is 11.8 Å². The van der Waals surface area contributed by atoms with Crippen LogP contribution in [-0.2, 0) is 9.59 Å². The Labute approximate surface area is 182 Å². The lowest BCUT2D eigenvalue weighted by Crippen LogP contribution is -2.41. The number of rotatable bonds is 2. The number of hydrazone groups is 1. The molecule has 0 N–H and O–H groups in total. The molecule has 0 saturated carbocycles. The Morgan fingerprint density at radius 2 is 1.13 bits per heavy atom. The SMILES string of the molecule is O=C1[C@H]2C3c4ccccc4C(c4ccccc43)[C@@H]2C(=O)N1/N=C\c1ccc(Br)cc1. The molecule has 3 aromatic rings. The van der Waals surface area contributed by atoms with E-state index >= 15 is 0 Å². The zero-order chi connectivity index (χ0) is 20.4. The van der Waals surface area contributed by atoms with Crippen molar-refractivity contribution in [1.29, 1.82) is 0 Å². The molecule has 2 atom stereocenters. The van der Waals surface area contributed by atoms with Gasteiger partial charge >= 0.3 is 0 Å². The van der Waals surface area contributed by atoms with Crippen molar-refractivity contribution in [2.24, 2.45) is 16.9 Å². The normalized spacial score (nSPS) is 26.1. The maximum absolute atomic E-state index is 13.4. The Balaban J connectivity index is 1.45. The average molecular weight is 457 g/mol. The molecule has 1 fully saturated rings. The number of imide groups is 1. The van der Waals surface area contributed by atoms with Gasteiger partial charge in [-0.1, -0.05) is 76.6 Å². The van der Waals surface area contributed by atoms with Gasteiger partial charge in [0, 0.05) is 16.3 Å². The van der Waals surface area contributed by atoms with Crippen molar-refractivity contribution in [2.45, 2.75) is 11.8 Å². The van der Waals surface area contributed by atoms with Crippen LogP contribution >= 0.6 is 15.9 Å². The molecule has 0 unspecified atom stereocenters. The lowest BCUT2D eigenvalue weighted by atomic mass is 9.55. The zero-order valence-electron chi connectivity index (χ0n) is 15.9. The molecule has 146 valence electrons. The molecule has 1 heterocycles. The highest BCUT2D eigenvalue weighted by molar-refractivity contribution is 9.10. The second-order valence-electron chi connectivity index (χ2n) is 8.05. The highest BCUT2D eigenvalue weighted by Gasteiger charge is 2.61. The average Bonchev–Trinajstić information content (AvgIpc) is 3.04. The third-order valence-corrected chi connectivity index (χ3v) is 7.15. The van der Waals surface area contributed by atoms with Crippen LogP contribution in [0.2, 0.25) is 0 Å². The molecule has 3 aliphatic carbocycles. The monoisotopic (exact) mass is 456 g/mol. The van der Waals surface area contributed by atoms with E-state index in [1.54, 1.807) is 6.21 Å². The largest absolute Gasteiger partial charge is 0.272 e. The summed E-state index contributed by atoms with van der Waals surface area (Å²) in [4.78, 5) is 26.8. The first-order chi connectivity index (χ1) is 14.6. The number of carbonyl (C=O) groups is 2. The molecule has 0 aromatic heterocycles. The Morgan fingerprint density at radius 3 is 1.57 bits per heavy atom. The first kappa shape index (κ1) is 17.8. The summed E-state index contributed by atoms with van der Waals surface area (Å²) in [5, 5.41) is 5.43. The standard InChI is InChI=1S/C25H17BrN2O2/c26-15-11-9-14(10-12-15)13-27-28-24(29)22-20-16-5-1-2-6-17(16)21(23(22)25(28)30)19-8-4-3-7-18(19)20/h1-13,20-23H/b27-13-/t20?,21?,22-,23-/m0/s1. The Morgan fingerprint density at radius 1 is 0.700 bits per heavy atom. The number of hydrogen-bond acceptors (Lipinski definition) is 3. The van der Waals surface area contributed by atoms with E-state index < -0.39 is 11.8 Å². The van der Waals surface area contributed by atoms with E-state index in [-0.39, 0.29) is 23.7 Å².